The van der Waals surface area contributed by atoms with E-state index in [1.807, 2.05) is 30.3 Å². The molecule has 2 heterocycles. The van der Waals surface area contributed by atoms with Crippen LogP contribution in [0.3, 0.4) is 0 Å². The molecule has 5 heteroatoms. The summed E-state index contributed by atoms with van der Waals surface area (Å²) in [5.41, 5.74) is 4.71. The number of rotatable bonds is 5. The predicted octanol–water partition coefficient (Wildman–Crippen LogP) is 4.10. The summed E-state index contributed by atoms with van der Waals surface area (Å²) in [7, 11) is 1.57. The predicted molar refractivity (Wildman–Crippen MR) is 107 cm³/mol. The Morgan fingerprint density at radius 1 is 1.14 bits per heavy atom. The van der Waals surface area contributed by atoms with Crippen molar-refractivity contribution in [1.29, 1.82) is 5.26 Å². The fraction of sp³-hybridized carbons (Fsp3) is 0.174. The van der Waals surface area contributed by atoms with Crippen LogP contribution >= 0.6 is 0 Å². The number of hydrogen-bond acceptors (Lipinski definition) is 5. The molecule has 0 unspecified atom stereocenters. The van der Waals surface area contributed by atoms with E-state index >= 15 is 0 Å². The van der Waals surface area contributed by atoms with Gasteiger partial charge in [0.05, 0.1) is 18.8 Å². The number of fused-ring (bicyclic) bond motifs is 1. The van der Waals surface area contributed by atoms with E-state index in [1.54, 1.807) is 31.8 Å². The third-order valence-electron chi connectivity index (χ3n) is 4.77. The van der Waals surface area contributed by atoms with Gasteiger partial charge in [0.15, 0.2) is 5.75 Å². The number of pyridine rings is 2. The molecule has 0 atom stereocenters. The van der Waals surface area contributed by atoms with Crippen molar-refractivity contribution in [1.82, 2.24) is 9.97 Å². The van der Waals surface area contributed by atoms with Crippen molar-refractivity contribution in [3.8, 4) is 17.7 Å². The number of aromatic nitrogens is 2. The van der Waals surface area contributed by atoms with E-state index in [0.29, 0.717) is 22.8 Å². The lowest BCUT2D eigenvalue weighted by atomic mass is 10.1. The Hall–Kier alpha value is -3.65. The Labute approximate surface area is 163 Å². The number of hydrogen-bond donors (Lipinski definition) is 0. The zero-order valence-corrected chi connectivity index (χ0v) is 15.5. The third kappa shape index (κ3) is 3.72. The summed E-state index contributed by atoms with van der Waals surface area (Å²) in [5, 5.41) is 9.63. The van der Waals surface area contributed by atoms with E-state index in [-0.39, 0.29) is 6.10 Å². The maximum Gasteiger partial charge on any atom is 0.256 e. The molecule has 1 aliphatic rings. The molecular weight excluding hydrogens is 350 g/mol. The van der Waals surface area contributed by atoms with Crippen molar-refractivity contribution in [2.45, 2.75) is 18.9 Å². The third-order valence-corrected chi connectivity index (χ3v) is 4.77. The van der Waals surface area contributed by atoms with E-state index in [2.05, 4.69) is 28.2 Å². The maximum absolute atomic E-state index is 9.63. The lowest BCUT2D eigenvalue weighted by Crippen LogP contribution is -2.17. The summed E-state index contributed by atoms with van der Waals surface area (Å²) in [6, 6.07) is 16.1. The van der Waals surface area contributed by atoms with Crippen LogP contribution in [0.4, 0.5) is 0 Å². The lowest BCUT2D eigenvalue weighted by molar-refractivity contribution is 0.202. The van der Waals surface area contributed by atoms with Crippen molar-refractivity contribution in [3.63, 3.8) is 0 Å². The van der Waals surface area contributed by atoms with Crippen LogP contribution in [0.1, 0.15) is 22.3 Å². The molecule has 0 amide bonds. The standard InChI is InChI=1S/C23H19N3O2/c1-27-23-22(28-21-11-17-4-2-3-5-18(17)12-21)13-20(15-26-23)19(14-24)10-16-6-8-25-9-7-16/h2-10,13,15,21H,11-12H2,1H3. The van der Waals surface area contributed by atoms with E-state index in [1.165, 1.54) is 11.1 Å². The zero-order valence-electron chi connectivity index (χ0n) is 15.5. The van der Waals surface area contributed by atoms with Crippen LogP contribution in [0.15, 0.2) is 61.1 Å². The van der Waals surface area contributed by atoms with Gasteiger partial charge >= 0.3 is 0 Å². The average Bonchev–Trinajstić information content (AvgIpc) is 3.15. The zero-order chi connectivity index (χ0) is 19.3. The summed E-state index contributed by atoms with van der Waals surface area (Å²) in [4.78, 5) is 8.35. The van der Waals surface area contributed by atoms with E-state index in [4.69, 9.17) is 9.47 Å². The SMILES string of the molecule is COc1ncc(C(C#N)=Cc2ccncc2)cc1OC1Cc2ccccc2C1. The molecular formula is C23H19N3O2. The number of benzene rings is 1. The van der Waals surface area contributed by atoms with Crippen molar-refractivity contribution in [2.75, 3.05) is 7.11 Å². The van der Waals surface area contributed by atoms with Crippen LogP contribution in [-0.4, -0.2) is 23.2 Å². The van der Waals surface area contributed by atoms with Crippen molar-refractivity contribution >= 4 is 11.6 Å². The lowest BCUT2D eigenvalue weighted by Gasteiger charge is -2.16. The minimum Gasteiger partial charge on any atom is -0.484 e. The number of nitrogens with zero attached hydrogens (tertiary/aromatic N) is 3. The van der Waals surface area contributed by atoms with Crippen LogP contribution in [0.5, 0.6) is 11.6 Å². The van der Waals surface area contributed by atoms with E-state index < -0.39 is 0 Å². The Bertz CT molecular complexity index is 1030. The summed E-state index contributed by atoms with van der Waals surface area (Å²) in [6.07, 6.45) is 8.55. The number of allylic oxidation sites excluding steroid dienone is 1. The van der Waals surface area contributed by atoms with Gasteiger partial charge in [-0.25, -0.2) is 4.98 Å². The molecule has 0 radical (unpaired) electrons. The molecule has 5 nitrogen and oxygen atoms in total. The van der Waals surface area contributed by atoms with Gasteiger partial charge in [-0.05, 0) is 41.0 Å². The molecule has 0 aliphatic heterocycles. The molecule has 28 heavy (non-hydrogen) atoms. The average molecular weight is 369 g/mol. The van der Waals surface area contributed by atoms with Gasteiger partial charge in [0.1, 0.15) is 6.10 Å². The molecule has 0 bridgehead atoms. The first kappa shape index (κ1) is 17.7. The molecule has 138 valence electrons. The van der Waals surface area contributed by atoms with Crippen molar-refractivity contribution in [2.24, 2.45) is 0 Å². The van der Waals surface area contributed by atoms with Crippen LogP contribution in [0.25, 0.3) is 11.6 Å². The van der Waals surface area contributed by atoms with Gasteiger partial charge in [-0.1, -0.05) is 24.3 Å². The first-order chi connectivity index (χ1) is 13.8. The largest absolute Gasteiger partial charge is 0.484 e. The Morgan fingerprint density at radius 2 is 1.86 bits per heavy atom. The molecule has 0 spiro atoms. The molecule has 1 aromatic carbocycles. The number of methoxy groups -OCH3 is 1. The fourth-order valence-corrected chi connectivity index (χ4v) is 3.40. The summed E-state index contributed by atoms with van der Waals surface area (Å²) < 4.78 is 11.6. The summed E-state index contributed by atoms with van der Waals surface area (Å²) in [5.74, 6) is 0.967. The Kier molecular flexibility index (Phi) is 5.03. The van der Waals surface area contributed by atoms with Gasteiger partial charge in [0, 0.05) is 37.0 Å². The molecule has 0 fully saturated rings. The summed E-state index contributed by atoms with van der Waals surface area (Å²) in [6.45, 7) is 0. The van der Waals surface area contributed by atoms with Crippen LogP contribution in [-0.2, 0) is 12.8 Å². The van der Waals surface area contributed by atoms with Crippen LogP contribution in [0.2, 0.25) is 0 Å². The maximum atomic E-state index is 9.63. The molecule has 3 aromatic rings. The quantitative estimate of drug-likeness (QED) is 0.634. The van der Waals surface area contributed by atoms with Crippen molar-refractivity contribution < 1.29 is 9.47 Å². The number of nitriles is 1. The number of ether oxygens (including phenoxy) is 2. The highest BCUT2D eigenvalue weighted by Crippen LogP contribution is 2.32. The normalized spacial score (nSPS) is 13.6. The molecule has 1 aliphatic carbocycles. The van der Waals surface area contributed by atoms with Gasteiger partial charge in [0.2, 0.25) is 0 Å². The van der Waals surface area contributed by atoms with E-state index in [9.17, 15) is 5.26 Å². The second-order valence-electron chi connectivity index (χ2n) is 6.60. The van der Waals surface area contributed by atoms with Crippen LogP contribution in [0, 0.1) is 11.3 Å². The fourth-order valence-electron chi connectivity index (χ4n) is 3.40. The molecule has 4 rings (SSSR count). The smallest absolute Gasteiger partial charge is 0.256 e. The molecule has 0 saturated heterocycles. The topological polar surface area (TPSA) is 68.0 Å². The minimum absolute atomic E-state index is 0.0260. The van der Waals surface area contributed by atoms with Gasteiger partial charge in [-0.3, -0.25) is 4.98 Å². The van der Waals surface area contributed by atoms with Crippen LogP contribution < -0.4 is 9.47 Å². The van der Waals surface area contributed by atoms with Gasteiger partial charge in [-0.15, -0.1) is 0 Å². The highest BCUT2D eigenvalue weighted by molar-refractivity contribution is 5.89. The molecule has 0 N–H and O–H groups in total. The molecule has 2 aromatic heterocycles. The Morgan fingerprint density at radius 3 is 2.50 bits per heavy atom. The monoisotopic (exact) mass is 369 g/mol. The van der Waals surface area contributed by atoms with Gasteiger partial charge in [0.25, 0.3) is 5.88 Å². The minimum atomic E-state index is 0.0260. The second kappa shape index (κ2) is 7.93. The highest BCUT2D eigenvalue weighted by Gasteiger charge is 2.24. The second-order valence-corrected chi connectivity index (χ2v) is 6.60. The summed E-state index contributed by atoms with van der Waals surface area (Å²) >= 11 is 0. The molecule has 0 saturated carbocycles. The first-order valence-corrected chi connectivity index (χ1v) is 9.06. The highest BCUT2D eigenvalue weighted by atomic mass is 16.5. The van der Waals surface area contributed by atoms with Crippen molar-refractivity contribution in [3.05, 3.63) is 83.3 Å². The Balaban J connectivity index is 1.61. The first-order valence-electron chi connectivity index (χ1n) is 9.06. The van der Waals surface area contributed by atoms with Gasteiger partial charge < -0.3 is 9.47 Å². The van der Waals surface area contributed by atoms with Gasteiger partial charge in [-0.2, -0.15) is 5.26 Å². The van der Waals surface area contributed by atoms with E-state index in [0.717, 1.165) is 18.4 Å².